The number of hydrogen-bond acceptors (Lipinski definition) is 5. The fourth-order valence-electron chi connectivity index (χ4n) is 2.59. The summed E-state index contributed by atoms with van der Waals surface area (Å²) in [6, 6.07) is 11.5. The maximum absolute atomic E-state index is 12.6. The standard InChI is InChI=1S/C20H21N3O4S/c1-14-4-9-17(28(3,25)26)12-18(14)20(24)22-15-5-7-16(8-6-15)27-13-19-21-10-11-23(19)2/h4-12H,13H2,1-3H3,(H,22,24). The molecule has 3 rings (SSSR count). The van der Waals surface area contributed by atoms with Gasteiger partial charge in [-0.25, -0.2) is 13.4 Å². The largest absolute Gasteiger partial charge is 0.486 e. The van der Waals surface area contributed by atoms with Crippen LogP contribution in [0.4, 0.5) is 5.69 Å². The average molecular weight is 399 g/mol. The van der Waals surface area contributed by atoms with Crippen molar-refractivity contribution in [1.82, 2.24) is 9.55 Å². The second kappa shape index (κ2) is 7.85. The Balaban J connectivity index is 1.68. The number of carbonyl (C=O) groups excluding carboxylic acids is 1. The van der Waals surface area contributed by atoms with Crippen molar-refractivity contribution in [3.05, 3.63) is 71.8 Å². The van der Waals surface area contributed by atoms with Gasteiger partial charge in [0, 0.05) is 36.9 Å². The van der Waals surface area contributed by atoms with Crippen molar-refractivity contribution < 1.29 is 17.9 Å². The van der Waals surface area contributed by atoms with Crippen LogP contribution in [0.3, 0.4) is 0 Å². The van der Waals surface area contributed by atoms with Gasteiger partial charge in [0.15, 0.2) is 9.84 Å². The van der Waals surface area contributed by atoms with Crippen molar-refractivity contribution in [2.75, 3.05) is 11.6 Å². The summed E-state index contributed by atoms with van der Waals surface area (Å²) in [4.78, 5) is 16.9. The molecule has 0 radical (unpaired) electrons. The lowest BCUT2D eigenvalue weighted by Gasteiger charge is -2.10. The average Bonchev–Trinajstić information content (AvgIpc) is 3.05. The molecule has 7 nitrogen and oxygen atoms in total. The molecule has 0 atom stereocenters. The number of hydrogen-bond donors (Lipinski definition) is 1. The number of aromatic nitrogens is 2. The first-order valence-corrected chi connectivity index (χ1v) is 10.4. The first-order chi connectivity index (χ1) is 13.2. The number of amides is 1. The zero-order valence-corrected chi connectivity index (χ0v) is 16.7. The Hall–Kier alpha value is -3.13. The molecule has 0 aliphatic carbocycles. The predicted octanol–water partition coefficient (Wildman–Crippen LogP) is 2.96. The second-order valence-corrected chi connectivity index (χ2v) is 8.49. The summed E-state index contributed by atoms with van der Waals surface area (Å²) in [5.41, 5.74) is 1.59. The van der Waals surface area contributed by atoms with E-state index in [9.17, 15) is 13.2 Å². The Bertz CT molecular complexity index is 1100. The minimum absolute atomic E-state index is 0.112. The van der Waals surface area contributed by atoms with Gasteiger partial charge in [-0.15, -0.1) is 0 Å². The highest BCUT2D eigenvalue weighted by Gasteiger charge is 2.14. The summed E-state index contributed by atoms with van der Waals surface area (Å²) in [6.07, 6.45) is 4.67. The molecule has 0 spiro atoms. The molecule has 0 aliphatic rings. The van der Waals surface area contributed by atoms with Crippen LogP contribution in [0.5, 0.6) is 5.75 Å². The Labute approximate surface area is 163 Å². The highest BCUT2D eigenvalue weighted by molar-refractivity contribution is 7.90. The van der Waals surface area contributed by atoms with Gasteiger partial charge >= 0.3 is 0 Å². The van der Waals surface area contributed by atoms with Crippen molar-refractivity contribution in [2.45, 2.75) is 18.4 Å². The minimum Gasteiger partial charge on any atom is -0.486 e. The summed E-state index contributed by atoms with van der Waals surface area (Å²) in [6.45, 7) is 2.10. The minimum atomic E-state index is -3.39. The first-order valence-electron chi connectivity index (χ1n) is 8.55. The molecule has 0 unspecified atom stereocenters. The number of imidazole rings is 1. The highest BCUT2D eigenvalue weighted by atomic mass is 32.2. The van der Waals surface area contributed by atoms with E-state index in [1.54, 1.807) is 43.5 Å². The van der Waals surface area contributed by atoms with E-state index in [-0.39, 0.29) is 10.8 Å². The molecule has 1 N–H and O–H groups in total. The summed E-state index contributed by atoms with van der Waals surface area (Å²) in [5, 5.41) is 2.78. The highest BCUT2D eigenvalue weighted by Crippen LogP contribution is 2.20. The SMILES string of the molecule is Cc1ccc(S(C)(=O)=O)cc1C(=O)Nc1ccc(OCc2nccn2C)cc1. The van der Waals surface area contributed by atoms with Crippen LogP contribution >= 0.6 is 0 Å². The van der Waals surface area contributed by atoms with Gasteiger partial charge in [0.05, 0.1) is 4.90 Å². The predicted molar refractivity (Wildman–Crippen MR) is 106 cm³/mol. The van der Waals surface area contributed by atoms with E-state index in [0.717, 1.165) is 12.1 Å². The third-order valence-corrected chi connectivity index (χ3v) is 5.39. The molecule has 1 amide bonds. The third-order valence-electron chi connectivity index (χ3n) is 4.28. The van der Waals surface area contributed by atoms with Crippen LogP contribution in [-0.4, -0.2) is 30.1 Å². The molecule has 0 saturated carbocycles. The van der Waals surface area contributed by atoms with Gasteiger partial charge in [-0.1, -0.05) is 6.07 Å². The molecular formula is C20H21N3O4S. The number of rotatable bonds is 6. The normalized spacial score (nSPS) is 11.2. The Morgan fingerprint density at radius 1 is 1.18 bits per heavy atom. The van der Waals surface area contributed by atoms with Gasteiger partial charge in [-0.05, 0) is 48.9 Å². The van der Waals surface area contributed by atoms with E-state index >= 15 is 0 Å². The van der Waals surface area contributed by atoms with Gasteiger partial charge in [-0.3, -0.25) is 4.79 Å². The molecule has 2 aromatic carbocycles. The Morgan fingerprint density at radius 2 is 1.89 bits per heavy atom. The molecule has 0 saturated heterocycles. The fraction of sp³-hybridized carbons (Fsp3) is 0.200. The lowest BCUT2D eigenvalue weighted by molar-refractivity contribution is 0.102. The van der Waals surface area contributed by atoms with E-state index in [4.69, 9.17) is 4.74 Å². The fourth-order valence-corrected chi connectivity index (χ4v) is 3.24. The quantitative estimate of drug-likeness (QED) is 0.688. The van der Waals surface area contributed by atoms with Gasteiger partial charge in [-0.2, -0.15) is 0 Å². The molecule has 1 aromatic heterocycles. The van der Waals surface area contributed by atoms with Gasteiger partial charge < -0.3 is 14.6 Å². The lowest BCUT2D eigenvalue weighted by atomic mass is 10.1. The van der Waals surface area contributed by atoms with Crippen molar-refractivity contribution in [2.24, 2.45) is 7.05 Å². The zero-order valence-electron chi connectivity index (χ0n) is 15.8. The smallest absolute Gasteiger partial charge is 0.255 e. The van der Waals surface area contributed by atoms with Crippen LogP contribution in [0.25, 0.3) is 0 Å². The molecule has 3 aromatic rings. The van der Waals surface area contributed by atoms with Crippen LogP contribution in [-0.2, 0) is 23.5 Å². The monoisotopic (exact) mass is 399 g/mol. The number of sulfone groups is 1. The lowest BCUT2D eigenvalue weighted by Crippen LogP contribution is -2.14. The van der Waals surface area contributed by atoms with Crippen LogP contribution in [0.2, 0.25) is 0 Å². The number of nitrogens with zero attached hydrogens (tertiary/aromatic N) is 2. The van der Waals surface area contributed by atoms with E-state index < -0.39 is 9.84 Å². The number of nitrogens with one attached hydrogen (secondary N) is 1. The van der Waals surface area contributed by atoms with Crippen molar-refractivity contribution in [1.29, 1.82) is 0 Å². The number of aryl methyl sites for hydroxylation is 2. The molecular weight excluding hydrogens is 378 g/mol. The summed E-state index contributed by atoms with van der Waals surface area (Å²) in [5.74, 6) is 1.08. The molecule has 0 aliphatic heterocycles. The molecule has 1 heterocycles. The van der Waals surface area contributed by atoms with Crippen molar-refractivity contribution in [3.63, 3.8) is 0 Å². The summed E-state index contributed by atoms with van der Waals surface area (Å²) < 4.78 is 31.0. The summed E-state index contributed by atoms with van der Waals surface area (Å²) in [7, 11) is -1.49. The molecule has 8 heteroatoms. The van der Waals surface area contributed by atoms with Crippen LogP contribution in [0.1, 0.15) is 21.7 Å². The summed E-state index contributed by atoms with van der Waals surface area (Å²) >= 11 is 0. The molecule has 0 fully saturated rings. The maximum atomic E-state index is 12.6. The van der Waals surface area contributed by atoms with E-state index in [2.05, 4.69) is 10.3 Å². The Kier molecular flexibility index (Phi) is 5.51. The van der Waals surface area contributed by atoms with Crippen LogP contribution in [0.15, 0.2) is 59.8 Å². The number of ether oxygens (including phenoxy) is 1. The van der Waals surface area contributed by atoms with Gasteiger partial charge in [0.1, 0.15) is 18.2 Å². The molecule has 28 heavy (non-hydrogen) atoms. The van der Waals surface area contributed by atoms with Gasteiger partial charge in [0.2, 0.25) is 0 Å². The third kappa shape index (κ3) is 4.58. The maximum Gasteiger partial charge on any atom is 0.255 e. The molecule has 146 valence electrons. The number of benzene rings is 2. The Morgan fingerprint density at radius 3 is 2.50 bits per heavy atom. The zero-order chi connectivity index (χ0) is 20.3. The van der Waals surface area contributed by atoms with Crippen molar-refractivity contribution in [3.8, 4) is 5.75 Å². The number of anilines is 1. The second-order valence-electron chi connectivity index (χ2n) is 6.47. The van der Waals surface area contributed by atoms with E-state index in [1.807, 2.05) is 17.8 Å². The molecule has 0 bridgehead atoms. The van der Waals surface area contributed by atoms with E-state index in [0.29, 0.717) is 29.2 Å². The number of carbonyl (C=O) groups is 1. The van der Waals surface area contributed by atoms with Crippen LogP contribution in [0, 0.1) is 6.92 Å². The van der Waals surface area contributed by atoms with E-state index in [1.165, 1.54) is 12.1 Å². The first kappa shape index (κ1) is 19.6. The van der Waals surface area contributed by atoms with Crippen molar-refractivity contribution >= 4 is 21.4 Å². The van der Waals surface area contributed by atoms with Crippen LogP contribution < -0.4 is 10.1 Å². The van der Waals surface area contributed by atoms with Gasteiger partial charge in [0.25, 0.3) is 5.91 Å². The topological polar surface area (TPSA) is 90.3 Å².